The van der Waals surface area contributed by atoms with Crippen molar-refractivity contribution in [2.24, 2.45) is 0 Å². The molecule has 0 aliphatic rings. The summed E-state index contributed by atoms with van der Waals surface area (Å²) in [5.41, 5.74) is 0. The third kappa shape index (κ3) is 15.7. The van der Waals surface area contributed by atoms with Gasteiger partial charge in [-0.25, -0.2) is 0 Å². The lowest BCUT2D eigenvalue weighted by molar-refractivity contribution is -0.928. The number of quaternary nitrogens is 2. The Morgan fingerprint density at radius 2 is 0.393 bits per heavy atom. The molecule has 0 atom stereocenters. The largest absolute Gasteiger partial charge is 0.870 e. The average Bonchev–Trinajstić information content (AvgIpc) is 2.57. The quantitative estimate of drug-likeness (QED) is 0.273. The molecule has 0 aromatic rings. The van der Waals surface area contributed by atoms with Crippen LogP contribution in [0.4, 0.5) is 0 Å². The van der Waals surface area contributed by atoms with Crippen molar-refractivity contribution in [3.05, 3.63) is 0 Å². The van der Waals surface area contributed by atoms with Crippen LogP contribution >= 0.6 is 0 Å². The van der Waals surface area contributed by atoms with Crippen LogP contribution in [-0.4, -0.2) is 72.3 Å². The van der Waals surface area contributed by atoms with Gasteiger partial charge in [0.25, 0.3) is 0 Å². The molecule has 4 nitrogen and oxygen atoms in total. The van der Waals surface area contributed by atoms with Crippen molar-refractivity contribution in [1.82, 2.24) is 0 Å². The van der Waals surface area contributed by atoms with E-state index >= 15 is 0 Å². The van der Waals surface area contributed by atoms with E-state index in [1.807, 2.05) is 0 Å². The van der Waals surface area contributed by atoms with Crippen LogP contribution in [0.25, 0.3) is 0 Å². The molecule has 176 valence electrons. The van der Waals surface area contributed by atoms with Crippen LogP contribution in [0.15, 0.2) is 0 Å². The normalized spacial score (nSPS) is 11.1. The number of rotatable bonds is 16. The van der Waals surface area contributed by atoms with Crippen molar-refractivity contribution < 1.29 is 19.9 Å². The molecule has 0 aliphatic heterocycles. The van der Waals surface area contributed by atoms with Crippen molar-refractivity contribution in [2.45, 2.75) is 107 Å². The molecule has 0 aromatic heterocycles. The van der Waals surface area contributed by atoms with Crippen LogP contribution in [0.5, 0.6) is 0 Å². The summed E-state index contributed by atoms with van der Waals surface area (Å²) in [6.07, 6.45) is 10.7. The Labute approximate surface area is 179 Å². The lowest BCUT2D eigenvalue weighted by Crippen LogP contribution is -2.50. The first kappa shape index (κ1) is 35.3. The van der Waals surface area contributed by atoms with Crippen molar-refractivity contribution in [3.63, 3.8) is 0 Å². The summed E-state index contributed by atoms with van der Waals surface area (Å²) in [6, 6.07) is 0. The van der Waals surface area contributed by atoms with Gasteiger partial charge in [0.2, 0.25) is 0 Å². The van der Waals surface area contributed by atoms with Crippen LogP contribution in [0, 0.1) is 0 Å². The van der Waals surface area contributed by atoms with Crippen LogP contribution in [0.2, 0.25) is 0 Å². The molecular weight excluding hydrogens is 348 g/mol. The van der Waals surface area contributed by atoms with Gasteiger partial charge in [-0.3, -0.25) is 0 Å². The zero-order chi connectivity index (χ0) is 20.3. The van der Waals surface area contributed by atoms with E-state index in [2.05, 4.69) is 55.4 Å². The Hall–Kier alpha value is -0.160. The molecule has 0 saturated carbocycles. The maximum absolute atomic E-state index is 2.31. The van der Waals surface area contributed by atoms with Gasteiger partial charge in [0.15, 0.2) is 0 Å². The second kappa shape index (κ2) is 23.1. The fourth-order valence-electron chi connectivity index (χ4n) is 5.14. The summed E-state index contributed by atoms with van der Waals surface area (Å²) in [7, 11) is 0. The van der Waals surface area contributed by atoms with Crippen LogP contribution in [-0.2, 0) is 0 Å². The topological polar surface area (TPSA) is 60.0 Å². The highest BCUT2D eigenvalue weighted by Gasteiger charge is 2.23. The minimum absolute atomic E-state index is 0. The molecule has 0 aliphatic carbocycles. The molecule has 0 amide bonds. The summed E-state index contributed by atoms with van der Waals surface area (Å²) in [5.74, 6) is 0. The Balaban J connectivity index is -0.000000192. The molecule has 0 spiro atoms. The number of hydrogen-bond acceptors (Lipinski definition) is 2. The third-order valence-corrected chi connectivity index (χ3v) is 5.58. The van der Waals surface area contributed by atoms with Gasteiger partial charge in [0.1, 0.15) is 0 Å². The Morgan fingerprint density at radius 3 is 0.464 bits per heavy atom. The van der Waals surface area contributed by atoms with Gasteiger partial charge in [0.05, 0.1) is 52.4 Å². The van der Waals surface area contributed by atoms with E-state index < -0.39 is 0 Å². The molecule has 28 heavy (non-hydrogen) atoms. The maximum Gasteiger partial charge on any atom is 0.0783 e. The zero-order valence-corrected chi connectivity index (χ0v) is 21.1. The van der Waals surface area contributed by atoms with E-state index in [1.165, 1.54) is 113 Å². The molecule has 0 rings (SSSR count). The summed E-state index contributed by atoms with van der Waals surface area (Å²) in [4.78, 5) is 0. The fourth-order valence-corrected chi connectivity index (χ4v) is 5.14. The smallest absolute Gasteiger partial charge is 0.0783 e. The highest BCUT2D eigenvalue weighted by atomic mass is 16.0. The van der Waals surface area contributed by atoms with Crippen molar-refractivity contribution in [3.8, 4) is 0 Å². The molecule has 0 aromatic carbocycles. The standard InChI is InChI=1S/2C12H28N.2H2O/c2*1-5-9-13(10-6-2,11-7-3)12-8-4;;/h2*5-12H2,1-4H3;2*1H2/q2*+1;;/p-2. The molecule has 2 N–H and O–H groups in total. The minimum Gasteiger partial charge on any atom is -0.870 e. The lowest BCUT2D eigenvalue weighted by atomic mass is 10.2. The predicted molar refractivity (Wildman–Crippen MR) is 126 cm³/mol. The van der Waals surface area contributed by atoms with Crippen LogP contribution < -0.4 is 0 Å². The fraction of sp³-hybridized carbons (Fsp3) is 1.00. The van der Waals surface area contributed by atoms with Gasteiger partial charge < -0.3 is 19.9 Å². The predicted octanol–water partition coefficient (Wildman–Crippen LogP) is 6.53. The van der Waals surface area contributed by atoms with Crippen LogP contribution in [0.3, 0.4) is 0 Å². The first-order chi connectivity index (χ1) is 12.5. The molecule has 0 saturated heterocycles. The second-order valence-corrected chi connectivity index (χ2v) is 8.47. The van der Waals surface area contributed by atoms with Gasteiger partial charge in [-0.1, -0.05) is 55.4 Å². The summed E-state index contributed by atoms with van der Waals surface area (Å²) >= 11 is 0. The second-order valence-electron chi connectivity index (χ2n) is 8.47. The Morgan fingerprint density at radius 1 is 0.286 bits per heavy atom. The highest BCUT2D eigenvalue weighted by molar-refractivity contribution is 4.45. The molecule has 0 heterocycles. The van der Waals surface area contributed by atoms with Gasteiger partial charge in [-0.05, 0) is 51.4 Å². The summed E-state index contributed by atoms with van der Waals surface area (Å²) < 4.78 is 2.75. The van der Waals surface area contributed by atoms with E-state index in [9.17, 15) is 0 Å². The molecular formula is C24H58N2O2. The van der Waals surface area contributed by atoms with Crippen molar-refractivity contribution in [2.75, 3.05) is 52.4 Å². The number of hydrogen-bond donors (Lipinski definition) is 0. The van der Waals surface area contributed by atoms with Crippen molar-refractivity contribution >= 4 is 0 Å². The minimum atomic E-state index is 0. The summed E-state index contributed by atoms with van der Waals surface area (Å²) in [5, 5.41) is 0. The monoisotopic (exact) mass is 406 g/mol. The van der Waals surface area contributed by atoms with Crippen molar-refractivity contribution in [1.29, 1.82) is 0 Å². The average molecular weight is 407 g/mol. The van der Waals surface area contributed by atoms with E-state index in [4.69, 9.17) is 0 Å². The molecule has 0 radical (unpaired) electrons. The Kier molecular flexibility index (Phi) is 29.1. The van der Waals surface area contributed by atoms with E-state index in [1.54, 1.807) is 0 Å². The van der Waals surface area contributed by atoms with E-state index in [-0.39, 0.29) is 11.0 Å². The zero-order valence-electron chi connectivity index (χ0n) is 21.1. The molecule has 0 bridgehead atoms. The van der Waals surface area contributed by atoms with Gasteiger partial charge >= 0.3 is 0 Å². The van der Waals surface area contributed by atoms with E-state index in [0.717, 1.165) is 0 Å². The molecule has 4 heteroatoms. The van der Waals surface area contributed by atoms with Gasteiger partial charge in [-0.2, -0.15) is 0 Å². The third-order valence-electron chi connectivity index (χ3n) is 5.58. The van der Waals surface area contributed by atoms with Gasteiger partial charge in [0, 0.05) is 0 Å². The number of nitrogens with zero attached hydrogens (tertiary/aromatic N) is 2. The van der Waals surface area contributed by atoms with Crippen LogP contribution in [0.1, 0.15) is 107 Å². The first-order valence-electron chi connectivity index (χ1n) is 12.2. The maximum atomic E-state index is 2.31. The lowest BCUT2D eigenvalue weighted by Gasteiger charge is -2.38. The molecule has 0 unspecified atom stereocenters. The highest BCUT2D eigenvalue weighted by Crippen LogP contribution is 2.13. The Bertz CT molecular complexity index is 199. The SMILES string of the molecule is CCC[N+](CCC)(CCC)CCC.CCC[N+](CCC)(CCC)CCC.[OH-].[OH-]. The summed E-state index contributed by atoms with van der Waals surface area (Å²) in [6.45, 7) is 29.6. The first-order valence-corrected chi connectivity index (χ1v) is 12.2. The van der Waals surface area contributed by atoms with Gasteiger partial charge in [-0.15, -0.1) is 0 Å². The van der Waals surface area contributed by atoms with E-state index in [0.29, 0.717) is 0 Å². The molecule has 0 fully saturated rings.